The van der Waals surface area contributed by atoms with Gasteiger partial charge in [0.05, 0.1) is 0 Å². The van der Waals surface area contributed by atoms with Gasteiger partial charge in [0.15, 0.2) is 5.13 Å². The smallest absolute Gasteiger partial charge is 0.249 e. The van der Waals surface area contributed by atoms with Gasteiger partial charge < -0.3 is 5.32 Å². The van der Waals surface area contributed by atoms with Crippen LogP contribution in [0.2, 0.25) is 0 Å². The molecule has 0 bridgehead atoms. The average Bonchev–Trinajstić information content (AvgIpc) is 3.19. The van der Waals surface area contributed by atoms with Crippen LogP contribution in [0.3, 0.4) is 0 Å². The zero-order chi connectivity index (χ0) is 16.2. The van der Waals surface area contributed by atoms with Crippen LogP contribution in [0.1, 0.15) is 25.3 Å². The Morgan fingerprint density at radius 3 is 2.74 bits per heavy atom. The molecule has 7 nitrogen and oxygen atoms in total. The number of hydrogen-bond acceptors (Lipinski definition) is 6. The van der Waals surface area contributed by atoms with Gasteiger partial charge in [-0.2, -0.15) is 4.80 Å². The van der Waals surface area contributed by atoms with Crippen LogP contribution in [0.25, 0.3) is 11.4 Å². The molecule has 0 aliphatic carbocycles. The first kappa shape index (κ1) is 15.3. The van der Waals surface area contributed by atoms with Crippen molar-refractivity contribution in [2.75, 3.05) is 5.32 Å². The van der Waals surface area contributed by atoms with Gasteiger partial charge in [-0.25, -0.2) is 4.98 Å². The average molecular weight is 328 g/mol. The SMILES string of the molecule is CC(C)c1ccc(-c2nnn(CC(=O)Nc3nccs3)n2)cc1. The van der Waals surface area contributed by atoms with Crippen molar-refractivity contribution >= 4 is 22.4 Å². The van der Waals surface area contributed by atoms with Crippen LogP contribution >= 0.6 is 11.3 Å². The molecule has 1 N–H and O–H groups in total. The van der Waals surface area contributed by atoms with Gasteiger partial charge in [0, 0.05) is 17.1 Å². The molecule has 0 radical (unpaired) electrons. The maximum Gasteiger partial charge on any atom is 0.249 e. The molecule has 0 atom stereocenters. The van der Waals surface area contributed by atoms with Gasteiger partial charge in [-0.1, -0.05) is 38.1 Å². The van der Waals surface area contributed by atoms with E-state index in [1.54, 1.807) is 11.6 Å². The summed E-state index contributed by atoms with van der Waals surface area (Å²) in [5, 5.41) is 17.2. The van der Waals surface area contributed by atoms with Crippen molar-refractivity contribution in [2.45, 2.75) is 26.3 Å². The Hall–Kier alpha value is -2.61. The van der Waals surface area contributed by atoms with E-state index in [9.17, 15) is 4.79 Å². The Bertz CT molecular complexity index is 779. The van der Waals surface area contributed by atoms with Gasteiger partial charge in [-0.05, 0) is 16.7 Å². The first-order chi connectivity index (χ1) is 11.1. The number of tetrazole rings is 1. The van der Waals surface area contributed by atoms with Gasteiger partial charge in [0.25, 0.3) is 0 Å². The van der Waals surface area contributed by atoms with Gasteiger partial charge >= 0.3 is 0 Å². The lowest BCUT2D eigenvalue weighted by Crippen LogP contribution is -2.20. The lowest BCUT2D eigenvalue weighted by Gasteiger charge is -2.04. The summed E-state index contributed by atoms with van der Waals surface area (Å²) in [6.45, 7) is 4.28. The number of carbonyl (C=O) groups is 1. The number of nitrogens with zero attached hydrogens (tertiary/aromatic N) is 5. The molecule has 1 aromatic carbocycles. The van der Waals surface area contributed by atoms with Crippen LogP contribution in [-0.4, -0.2) is 31.1 Å². The molecule has 2 aromatic heterocycles. The minimum absolute atomic E-state index is 0.00332. The van der Waals surface area contributed by atoms with E-state index in [-0.39, 0.29) is 12.5 Å². The molecule has 1 amide bonds. The van der Waals surface area contributed by atoms with Crippen LogP contribution in [0.15, 0.2) is 35.8 Å². The van der Waals surface area contributed by atoms with Crippen molar-refractivity contribution in [1.82, 2.24) is 25.2 Å². The number of aromatic nitrogens is 5. The summed E-state index contributed by atoms with van der Waals surface area (Å²) in [6.07, 6.45) is 1.63. The number of nitrogens with one attached hydrogen (secondary N) is 1. The molecule has 3 aromatic rings. The maximum atomic E-state index is 11.9. The van der Waals surface area contributed by atoms with Crippen LogP contribution < -0.4 is 5.32 Å². The van der Waals surface area contributed by atoms with E-state index in [4.69, 9.17) is 0 Å². The van der Waals surface area contributed by atoms with E-state index in [2.05, 4.69) is 51.7 Å². The topological polar surface area (TPSA) is 85.6 Å². The summed E-state index contributed by atoms with van der Waals surface area (Å²) in [6, 6.07) is 8.03. The highest BCUT2D eigenvalue weighted by Crippen LogP contribution is 2.19. The van der Waals surface area contributed by atoms with Gasteiger partial charge in [0.1, 0.15) is 6.54 Å². The number of hydrogen-bond donors (Lipinski definition) is 1. The molecule has 0 saturated heterocycles. The molecular formula is C15H16N6OS. The Kier molecular flexibility index (Phi) is 4.42. The van der Waals surface area contributed by atoms with E-state index < -0.39 is 0 Å². The quantitative estimate of drug-likeness (QED) is 0.778. The molecule has 0 unspecified atom stereocenters. The minimum atomic E-state index is -0.237. The van der Waals surface area contributed by atoms with E-state index in [0.29, 0.717) is 16.9 Å². The number of rotatable bonds is 5. The van der Waals surface area contributed by atoms with Gasteiger partial charge in [-0.15, -0.1) is 21.5 Å². The second-order valence-electron chi connectivity index (χ2n) is 5.31. The molecule has 0 saturated carbocycles. The number of thiazole rings is 1. The molecule has 8 heteroatoms. The maximum absolute atomic E-state index is 11.9. The molecular weight excluding hydrogens is 312 g/mol. The molecule has 3 rings (SSSR count). The van der Waals surface area contributed by atoms with E-state index in [1.807, 2.05) is 12.1 Å². The summed E-state index contributed by atoms with van der Waals surface area (Å²) in [4.78, 5) is 17.1. The number of anilines is 1. The second-order valence-corrected chi connectivity index (χ2v) is 6.20. The first-order valence-electron chi connectivity index (χ1n) is 7.19. The summed E-state index contributed by atoms with van der Waals surface area (Å²) >= 11 is 1.36. The van der Waals surface area contributed by atoms with E-state index in [0.717, 1.165) is 5.56 Å². The number of amides is 1. The van der Waals surface area contributed by atoms with Crippen molar-refractivity contribution < 1.29 is 4.79 Å². The Morgan fingerprint density at radius 2 is 2.09 bits per heavy atom. The molecule has 0 spiro atoms. The highest BCUT2D eigenvalue weighted by molar-refractivity contribution is 7.13. The van der Waals surface area contributed by atoms with E-state index >= 15 is 0 Å². The van der Waals surface area contributed by atoms with Gasteiger partial charge in [-0.3, -0.25) is 4.79 Å². The highest BCUT2D eigenvalue weighted by Gasteiger charge is 2.10. The molecule has 118 valence electrons. The van der Waals surface area contributed by atoms with Gasteiger partial charge in [0.2, 0.25) is 11.7 Å². The zero-order valence-electron chi connectivity index (χ0n) is 12.8. The fourth-order valence-corrected chi connectivity index (χ4v) is 2.56. The standard InChI is InChI=1S/C15H16N6OS/c1-10(2)11-3-5-12(6-4-11)14-18-20-21(19-14)9-13(22)17-15-16-7-8-23-15/h3-8,10H,9H2,1-2H3,(H,16,17,22). The van der Waals surface area contributed by atoms with Crippen molar-refractivity contribution in [3.8, 4) is 11.4 Å². The third-order valence-electron chi connectivity index (χ3n) is 3.25. The zero-order valence-corrected chi connectivity index (χ0v) is 13.6. The molecule has 23 heavy (non-hydrogen) atoms. The fourth-order valence-electron chi connectivity index (χ4n) is 2.02. The monoisotopic (exact) mass is 328 g/mol. The highest BCUT2D eigenvalue weighted by atomic mass is 32.1. The van der Waals surface area contributed by atoms with Crippen molar-refractivity contribution in [3.05, 3.63) is 41.4 Å². The third kappa shape index (κ3) is 3.78. The fraction of sp³-hybridized carbons (Fsp3) is 0.267. The predicted molar refractivity (Wildman–Crippen MR) is 88.1 cm³/mol. The molecule has 0 aliphatic heterocycles. The Labute approximate surface area is 137 Å². The van der Waals surface area contributed by atoms with Crippen molar-refractivity contribution in [2.24, 2.45) is 0 Å². The number of carbonyl (C=O) groups excluding carboxylic acids is 1. The number of benzene rings is 1. The normalized spacial score (nSPS) is 10.9. The van der Waals surface area contributed by atoms with Crippen molar-refractivity contribution in [1.29, 1.82) is 0 Å². The second kappa shape index (κ2) is 6.66. The largest absolute Gasteiger partial charge is 0.300 e. The third-order valence-corrected chi connectivity index (χ3v) is 3.94. The summed E-state index contributed by atoms with van der Waals surface area (Å²) in [7, 11) is 0. The van der Waals surface area contributed by atoms with Crippen LogP contribution in [0.4, 0.5) is 5.13 Å². The van der Waals surface area contributed by atoms with Crippen LogP contribution in [0.5, 0.6) is 0 Å². The summed E-state index contributed by atoms with van der Waals surface area (Å²) in [5.74, 6) is 0.739. The first-order valence-corrected chi connectivity index (χ1v) is 8.07. The predicted octanol–water partition coefficient (Wildman–Crippen LogP) is 2.56. The van der Waals surface area contributed by atoms with Crippen LogP contribution in [-0.2, 0) is 11.3 Å². The van der Waals surface area contributed by atoms with Crippen molar-refractivity contribution in [3.63, 3.8) is 0 Å². The molecule has 2 heterocycles. The minimum Gasteiger partial charge on any atom is -0.300 e. The van der Waals surface area contributed by atoms with E-state index in [1.165, 1.54) is 21.7 Å². The van der Waals surface area contributed by atoms with Crippen LogP contribution in [0, 0.1) is 0 Å². The Morgan fingerprint density at radius 1 is 1.30 bits per heavy atom. The Balaban J connectivity index is 1.66. The lowest BCUT2D eigenvalue weighted by atomic mass is 10.0. The summed E-state index contributed by atoms with van der Waals surface area (Å²) in [5.41, 5.74) is 2.13. The molecule has 0 aliphatic rings. The molecule has 0 fully saturated rings. The summed E-state index contributed by atoms with van der Waals surface area (Å²) < 4.78 is 0. The lowest BCUT2D eigenvalue weighted by molar-refractivity contribution is -0.117.